The largest absolute Gasteiger partial charge is 0.465 e. The third-order valence-corrected chi connectivity index (χ3v) is 3.93. The van der Waals surface area contributed by atoms with Gasteiger partial charge in [0.15, 0.2) is 0 Å². The van der Waals surface area contributed by atoms with Crippen LogP contribution in [0, 0.1) is 6.92 Å². The van der Waals surface area contributed by atoms with Crippen LogP contribution in [0.5, 0.6) is 0 Å². The standard InChI is InChI=1S/C16H25N3O3/c1-11-6-7-15(22-11)12(2)17-9-16(21)19-8-4-5-14(10-19)18-13(3)20/h6-7,12,14,17H,4-5,8-10H2,1-3H3,(H,18,20)/t12-,14-/m1/s1. The third-order valence-electron chi connectivity index (χ3n) is 3.93. The van der Waals surface area contributed by atoms with Crippen LogP contribution in [0.15, 0.2) is 16.5 Å². The second kappa shape index (κ2) is 7.45. The summed E-state index contributed by atoms with van der Waals surface area (Å²) in [6.45, 7) is 7.00. The summed E-state index contributed by atoms with van der Waals surface area (Å²) in [5.41, 5.74) is 0. The maximum Gasteiger partial charge on any atom is 0.236 e. The van der Waals surface area contributed by atoms with Crippen LogP contribution in [0.2, 0.25) is 0 Å². The summed E-state index contributed by atoms with van der Waals surface area (Å²) in [7, 11) is 0. The summed E-state index contributed by atoms with van der Waals surface area (Å²) in [5.74, 6) is 1.72. The molecule has 2 atom stereocenters. The number of aryl methyl sites for hydroxylation is 1. The van der Waals surface area contributed by atoms with Gasteiger partial charge in [0.25, 0.3) is 0 Å². The van der Waals surface area contributed by atoms with Gasteiger partial charge in [-0.2, -0.15) is 0 Å². The number of nitrogens with one attached hydrogen (secondary N) is 2. The second-order valence-electron chi connectivity index (χ2n) is 5.93. The predicted molar refractivity (Wildman–Crippen MR) is 83.3 cm³/mol. The zero-order valence-electron chi connectivity index (χ0n) is 13.5. The van der Waals surface area contributed by atoms with Gasteiger partial charge in [-0.05, 0) is 38.8 Å². The van der Waals surface area contributed by atoms with Gasteiger partial charge >= 0.3 is 0 Å². The van der Waals surface area contributed by atoms with Crippen molar-refractivity contribution in [2.75, 3.05) is 19.6 Å². The fraction of sp³-hybridized carbons (Fsp3) is 0.625. The summed E-state index contributed by atoms with van der Waals surface area (Å²) in [4.78, 5) is 25.2. The minimum Gasteiger partial charge on any atom is -0.465 e. The molecule has 0 aromatic carbocycles. The number of furan rings is 1. The Labute approximate surface area is 131 Å². The lowest BCUT2D eigenvalue weighted by atomic mass is 10.1. The van der Waals surface area contributed by atoms with E-state index in [1.165, 1.54) is 6.92 Å². The maximum absolute atomic E-state index is 12.3. The fourth-order valence-electron chi connectivity index (χ4n) is 2.75. The third kappa shape index (κ3) is 4.59. The number of rotatable bonds is 5. The number of carbonyl (C=O) groups excluding carboxylic acids is 2. The number of hydrogen-bond donors (Lipinski definition) is 2. The van der Waals surface area contributed by atoms with Gasteiger partial charge in [0, 0.05) is 26.1 Å². The first-order valence-electron chi connectivity index (χ1n) is 7.80. The number of likely N-dealkylation sites (tertiary alicyclic amines) is 1. The molecule has 1 aromatic rings. The van der Waals surface area contributed by atoms with Gasteiger partial charge in [0.2, 0.25) is 11.8 Å². The van der Waals surface area contributed by atoms with Crippen LogP contribution in [-0.4, -0.2) is 42.4 Å². The molecule has 122 valence electrons. The molecule has 1 fully saturated rings. The molecule has 0 bridgehead atoms. The molecule has 0 radical (unpaired) electrons. The smallest absolute Gasteiger partial charge is 0.236 e. The Morgan fingerprint density at radius 3 is 2.86 bits per heavy atom. The van der Waals surface area contributed by atoms with Crippen molar-refractivity contribution in [2.24, 2.45) is 0 Å². The Balaban J connectivity index is 1.80. The average molecular weight is 307 g/mol. The van der Waals surface area contributed by atoms with E-state index in [0.29, 0.717) is 6.54 Å². The highest BCUT2D eigenvalue weighted by Gasteiger charge is 2.24. The summed E-state index contributed by atoms with van der Waals surface area (Å²) in [5, 5.41) is 6.08. The molecule has 1 aliphatic heterocycles. The minimum atomic E-state index is -0.0424. The lowest BCUT2D eigenvalue weighted by Crippen LogP contribution is -2.51. The summed E-state index contributed by atoms with van der Waals surface area (Å²) < 4.78 is 5.55. The Hall–Kier alpha value is -1.82. The first-order chi connectivity index (χ1) is 10.5. The van der Waals surface area contributed by atoms with E-state index in [9.17, 15) is 9.59 Å². The number of hydrogen-bond acceptors (Lipinski definition) is 4. The van der Waals surface area contributed by atoms with E-state index >= 15 is 0 Å². The van der Waals surface area contributed by atoms with Gasteiger partial charge in [-0.1, -0.05) is 0 Å². The summed E-state index contributed by atoms with van der Waals surface area (Å²) >= 11 is 0. The lowest BCUT2D eigenvalue weighted by molar-refractivity contribution is -0.132. The first-order valence-corrected chi connectivity index (χ1v) is 7.80. The molecule has 1 aromatic heterocycles. The SMILES string of the molecule is CC(=O)N[C@@H]1CCCN(C(=O)CN[C@H](C)c2ccc(C)o2)C1. The van der Waals surface area contributed by atoms with E-state index in [2.05, 4.69) is 10.6 Å². The zero-order valence-corrected chi connectivity index (χ0v) is 13.5. The van der Waals surface area contributed by atoms with E-state index in [0.717, 1.165) is 30.9 Å². The van der Waals surface area contributed by atoms with Gasteiger partial charge in [-0.25, -0.2) is 0 Å². The highest BCUT2D eigenvalue weighted by molar-refractivity contribution is 5.78. The molecule has 6 heteroatoms. The molecule has 0 saturated carbocycles. The quantitative estimate of drug-likeness (QED) is 0.861. The van der Waals surface area contributed by atoms with E-state index in [4.69, 9.17) is 4.42 Å². The van der Waals surface area contributed by atoms with Gasteiger partial charge < -0.3 is 14.6 Å². The lowest BCUT2D eigenvalue weighted by Gasteiger charge is -2.33. The molecule has 0 aliphatic carbocycles. The molecule has 0 unspecified atom stereocenters. The Kier molecular flexibility index (Phi) is 5.60. The molecule has 2 heterocycles. The molecule has 1 aliphatic rings. The predicted octanol–water partition coefficient (Wildman–Crippen LogP) is 1.37. The normalized spacial score (nSPS) is 19.8. The van der Waals surface area contributed by atoms with E-state index in [-0.39, 0.29) is 30.4 Å². The number of amides is 2. The fourth-order valence-corrected chi connectivity index (χ4v) is 2.75. The van der Waals surface area contributed by atoms with Gasteiger partial charge in [-0.15, -0.1) is 0 Å². The van der Waals surface area contributed by atoms with E-state index < -0.39 is 0 Å². The Morgan fingerprint density at radius 2 is 2.23 bits per heavy atom. The van der Waals surface area contributed by atoms with Gasteiger partial charge in [0.1, 0.15) is 11.5 Å². The van der Waals surface area contributed by atoms with Crippen molar-refractivity contribution in [1.29, 1.82) is 0 Å². The zero-order chi connectivity index (χ0) is 16.1. The van der Waals surface area contributed by atoms with Crippen LogP contribution in [0.1, 0.15) is 44.3 Å². The molecule has 22 heavy (non-hydrogen) atoms. The number of piperidine rings is 1. The molecule has 0 spiro atoms. The number of nitrogens with zero attached hydrogens (tertiary/aromatic N) is 1. The van der Waals surface area contributed by atoms with Crippen molar-refractivity contribution in [3.63, 3.8) is 0 Å². The van der Waals surface area contributed by atoms with E-state index in [1.54, 1.807) is 0 Å². The Bertz CT molecular complexity index is 526. The maximum atomic E-state index is 12.3. The molecule has 2 rings (SSSR count). The van der Waals surface area contributed by atoms with Crippen molar-refractivity contribution in [2.45, 2.75) is 45.7 Å². The number of carbonyl (C=O) groups is 2. The van der Waals surface area contributed by atoms with Crippen molar-refractivity contribution in [3.05, 3.63) is 23.7 Å². The topological polar surface area (TPSA) is 74.6 Å². The summed E-state index contributed by atoms with van der Waals surface area (Å²) in [6.07, 6.45) is 1.85. The van der Waals surface area contributed by atoms with Crippen LogP contribution in [0.4, 0.5) is 0 Å². The average Bonchev–Trinajstić information content (AvgIpc) is 2.90. The highest BCUT2D eigenvalue weighted by atomic mass is 16.3. The van der Waals surface area contributed by atoms with Crippen LogP contribution in [0.25, 0.3) is 0 Å². The van der Waals surface area contributed by atoms with Crippen LogP contribution in [-0.2, 0) is 9.59 Å². The van der Waals surface area contributed by atoms with Crippen molar-refractivity contribution >= 4 is 11.8 Å². The molecule has 2 amide bonds. The highest BCUT2D eigenvalue weighted by Crippen LogP contribution is 2.15. The van der Waals surface area contributed by atoms with Crippen LogP contribution < -0.4 is 10.6 Å². The van der Waals surface area contributed by atoms with Crippen LogP contribution >= 0.6 is 0 Å². The Morgan fingerprint density at radius 1 is 1.45 bits per heavy atom. The molecule has 6 nitrogen and oxygen atoms in total. The van der Waals surface area contributed by atoms with Crippen molar-refractivity contribution < 1.29 is 14.0 Å². The first kappa shape index (κ1) is 16.5. The molecule has 1 saturated heterocycles. The van der Waals surface area contributed by atoms with E-state index in [1.807, 2.05) is 30.9 Å². The van der Waals surface area contributed by atoms with Crippen molar-refractivity contribution in [3.8, 4) is 0 Å². The molecule has 2 N–H and O–H groups in total. The van der Waals surface area contributed by atoms with Gasteiger partial charge in [0.05, 0.1) is 12.6 Å². The molecular formula is C16H25N3O3. The van der Waals surface area contributed by atoms with Crippen LogP contribution in [0.3, 0.4) is 0 Å². The summed E-state index contributed by atoms with van der Waals surface area (Å²) in [6, 6.07) is 3.90. The second-order valence-corrected chi connectivity index (χ2v) is 5.93. The monoisotopic (exact) mass is 307 g/mol. The molecular weight excluding hydrogens is 282 g/mol. The van der Waals surface area contributed by atoms with Crippen molar-refractivity contribution in [1.82, 2.24) is 15.5 Å². The minimum absolute atomic E-state index is 0.00594. The van der Waals surface area contributed by atoms with Gasteiger partial charge in [-0.3, -0.25) is 14.9 Å².